The van der Waals surface area contributed by atoms with Crippen LogP contribution in [0.15, 0.2) is 57.0 Å². The predicted molar refractivity (Wildman–Crippen MR) is 104 cm³/mol. The maximum atomic E-state index is 12.3. The van der Waals surface area contributed by atoms with Gasteiger partial charge in [0.1, 0.15) is 5.56 Å². The highest BCUT2D eigenvalue weighted by Gasteiger charge is 2.19. The average molecular weight is 400 g/mol. The zero-order valence-corrected chi connectivity index (χ0v) is 15.4. The van der Waals surface area contributed by atoms with E-state index in [1.807, 2.05) is 0 Å². The molecule has 8 nitrogen and oxygen atoms in total. The first-order chi connectivity index (χ1) is 13.4. The van der Waals surface area contributed by atoms with Crippen molar-refractivity contribution in [3.63, 3.8) is 0 Å². The zero-order valence-electron chi connectivity index (χ0n) is 14.6. The van der Waals surface area contributed by atoms with Crippen LogP contribution in [-0.2, 0) is 0 Å². The Kier molecular flexibility index (Phi) is 4.40. The second-order valence-corrected chi connectivity index (χ2v) is 6.44. The summed E-state index contributed by atoms with van der Waals surface area (Å²) in [7, 11) is 0. The highest BCUT2D eigenvalue weighted by atomic mass is 35.5. The van der Waals surface area contributed by atoms with Crippen LogP contribution in [0.1, 0.15) is 12.5 Å². The minimum Gasteiger partial charge on any atom is -0.493 e. The Morgan fingerprint density at radius 3 is 2.61 bits per heavy atom. The third kappa shape index (κ3) is 3.14. The molecule has 2 aromatic carbocycles. The molecule has 0 unspecified atom stereocenters. The Bertz CT molecular complexity index is 1210. The Morgan fingerprint density at radius 2 is 1.86 bits per heavy atom. The number of halogens is 1. The normalized spacial score (nSPS) is 13.0. The molecule has 0 saturated heterocycles. The van der Waals surface area contributed by atoms with Crippen molar-refractivity contribution in [1.82, 2.24) is 9.55 Å². The van der Waals surface area contributed by atoms with E-state index in [0.717, 1.165) is 4.57 Å². The van der Waals surface area contributed by atoms with E-state index in [-0.39, 0.29) is 18.1 Å². The van der Waals surface area contributed by atoms with Gasteiger partial charge < -0.3 is 14.6 Å². The number of ether oxygens (including phenoxy) is 2. The lowest BCUT2D eigenvalue weighted by molar-refractivity contribution is 0.174. The van der Waals surface area contributed by atoms with Crippen LogP contribution < -0.4 is 20.7 Å². The molecule has 9 heteroatoms. The van der Waals surface area contributed by atoms with Crippen LogP contribution in [0.4, 0.5) is 5.69 Å². The first kappa shape index (κ1) is 17.9. The van der Waals surface area contributed by atoms with Crippen molar-refractivity contribution in [3.8, 4) is 23.1 Å². The van der Waals surface area contributed by atoms with Gasteiger partial charge in [0.25, 0.3) is 5.56 Å². The maximum Gasteiger partial charge on any atom is 0.335 e. The van der Waals surface area contributed by atoms with Crippen molar-refractivity contribution < 1.29 is 14.6 Å². The van der Waals surface area contributed by atoms with Crippen molar-refractivity contribution in [2.75, 3.05) is 6.79 Å². The lowest BCUT2D eigenvalue weighted by Crippen LogP contribution is -2.32. The summed E-state index contributed by atoms with van der Waals surface area (Å²) in [6.07, 6.45) is 0. The molecule has 142 valence electrons. The summed E-state index contributed by atoms with van der Waals surface area (Å²) in [6.45, 7) is 1.69. The number of hydrogen-bond acceptors (Lipinski definition) is 6. The first-order valence-corrected chi connectivity index (χ1v) is 8.61. The van der Waals surface area contributed by atoms with Gasteiger partial charge in [-0.3, -0.25) is 14.8 Å². The number of aliphatic imine (C=N–C) groups is 1. The smallest absolute Gasteiger partial charge is 0.335 e. The molecule has 0 amide bonds. The summed E-state index contributed by atoms with van der Waals surface area (Å²) in [5.41, 5.74) is -0.559. The molecule has 0 atom stereocenters. The van der Waals surface area contributed by atoms with Crippen molar-refractivity contribution >= 4 is 23.0 Å². The van der Waals surface area contributed by atoms with Crippen LogP contribution >= 0.6 is 11.6 Å². The molecule has 1 aliphatic rings. The molecule has 4 rings (SSSR count). The number of benzene rings is 2. The van der Waals surface area contributed by atoms with Crippen LogP contribution in [0, 0.1) is 0 Å². The summed E-state index contributed by atoms with van der Waals surface area (Å²) >= 11 is 5.87. The van der Waals surface area contributed by atoms with Gasteiger partial charge in [-0.05, 0) is 43.3 Å². The van der Waals surface area contributed by atoms with Gasteiger partial charge in [0.05, 0.1) is 17.1 Å². The number of aromatic hydroxyl groups is 1. The highest BCUT2D eigenvalue weighted by molar-refractivity contribution is 6.30. The number of rotatable bonds is 3. The molecular weight excluding hydrogens is 386 g/mol. The number of nitrogens with zero attached hydrogens (tertiary/aromatic N) is 2. The van der Waals surface area contributed by atoms with Crippen molar-refractivity contribution in [2.45, 2.75) is 6.92 Å². The zero-order chi connectivity index (χ0) is 19.8. The largest absolute Gasteiger partial charge is 0.493 e. The van der Waals surface area contributed by atoms with Crippen LogP contribution in [0.25, 0.3) is 5.69 Å². The Hall–Kier alpha value is -3.52. The van der Waals surface area contributed by atoms with E-state index >= 15 is 0 Å². The van der Waals surface area contributed by atoms with E-state index in [1.165, 1.54) is 0 Å². The number of fused-ring (bicyclic) bond motifs is 1. The molecule has 0 saturated carbocycles. The fourth-order valence-electron chi connectivity index (χ4n) is 2.89. The van der Waals surface area contributed by atoms with E-state index in [1.54, 1.807) is 49.4 Å². The SMILES string of the molecule is CC(=Nc1ccc2c(c1)OCO2)c1c(O)n(-c2ccc(Cl)cc2)c(=O)[nH]c1=O. The fourth-order valence-corrected chi connectivity index (χ4v) is 3.01. The minimum atomic E-state index is -0.774. The second kappa shape index (κ2) is 6.90. The van der Waals surface area contributed by atoms with Crippen molar-refractivity contribution in [1.29, 1.82) is 0 Å². The molecule has 0 aliphatic carbocycles. The quantitative estimate of drug-likeness (QED) is 0.659. The third-order valence-corrected chi connectivity index (χ3v) is 4.44. The summed E-state index contributed by atoms with van der Waals surface area (Å²) in [5.74, 6) is 0.630. The highest BCUT2D eigenvalue weighted by Crippen LogP contribution is 2.35. The molecular formula is C19H14ClN3O5. The van der Waals surface area contributed by atoms with E-state index in [0.29, 0.717) is 27.9 Å². The summed E-state index contributed by atoms with van der Waals surface area (Å²) in [6, 6.07) is 11.3. The first-order valence-electron chi connectivity index (χ1n) is 8.23. The van der Waals surface area contributed by atoms with E-state index in [2.05, 4.69) is 9.98 Å². The van der Waals surface area contributed by atoms with E-state index in [4.69, 9.17) is 21.1 Å². The Morgan fingerprint density at radius 1 is 1.14 bits per heavy atom. The van der Waals surface area contributed by atoms with Crippen LogP contribution in [0.5, 0.6) is 17.4 Å². The topological polar surface area (TPSA) is 106 Å². The van der Waals surface area contributed by atoms with E-state index < -0.39 is 17.1 Å². The van der Waals surface area contributed by atoms with Gasteiger partial charge in [-0.1, -0.05) is 11.6 Å². The standard InChI is InChI=1S/C19H14ClN3O5/c1-10(21-12-4-7-14-15(8-12)28-9-27-14)16-17(24)22-19(26)23(18(16)25)13-5-2-11(20)3-6-13/h2-8,25H,9H2,1H3,(H,22,24,26). The monoisotopic (exact) mass is 399 g/mol. The minimum absolute atomic E-state index is 0.118. The van der Waals surface area contributed by atoms with Gasteiger partial charge in [0.15, 0.2) is 11.5 Å². The molecule has 3 aromatic rings. The predicted octanol–water partition coefficient (Wildman–Crippen LogP) is 2.75. The summed E-state index contributed by atoms with van der Waals surface area (Å²) < 4.78 is 11.5. The molecule has 0 bridgehead atoms. The Labute approximate surface area is 163 Å². The third-order valence-electron chi connectivity index (χ3n) is 4.19. The van der Waals surface area contributed by atoms with Gasteiger partial charge in [-0.2, -0.15) is 0 Å². The average Bonchev–Trinajstić information content (AvgIpc) is 3.10. The molecule has 1 aromatic heterocycles. The molecule has 0 fully saturated rings. The molecule has 0 spiro atoms. The number of H-pyrrole nitrogens is 1. The van der Waals surface area contributed by atoms with Gasteiger partial charge >= 0.3 is 5.69 Å². The van der Waals surface area contributed by atoms with Gasteiger partial charge in [0.2, 0.25) is 12.7 Å². The number of aromatic nitrogens is 2. The molecule has 2 N–H and O–H groups in total. The molecule has 0 radical (unpaired) electrons. The van der Waals surface area contributed by atoms with E-state index in [9.17, 15) is 14.7 Å². The van der Waals surface area contributed by atoms with Gasteiger partial charge in [-0.25, -0.2) is 9.36 Å². The van der Waals surface area contributed by atoms with Crippen LogP contribution in [0.2, 0.25) is 5.02 Å². The summed E-state index contributed by atoms with van der Waals surface area (Å²) in [5, 5.41) is 11.1. The summed E-state index contributed by atoms with van der Waals surface area (Å²) in [4.78, 5) is 31.2. The lowest BCUT2D eigenvalue weighted by Gasteiger charge is -2.11. The number of aromatic amines is 1. The van der Waals surface area contributed by atoms with Crippen molar-refractivity contribution in [2.24, 2.45) is 4.99 Å². The second-order valence-electron chi connectivity index (χ2n) is 6.00. The van der Waals surface area contributed by atoms with Gasteiger partial charge in [-0.15, -0.1) is 0 Å². The van der Waals surface area contributed by atoms with Crippen LogP contribution in [-0.4, -0.2) is 27.2 Å². The van der Waals surface area contributed by atoms with Crippen LogP contribution in [0.3, 0.4) is 0 Å². The number of nitrogens with one attached hydrogen (secondary N) is 1. The molecule has 2 heterocycles. The maximum absolute atomic E-state index is 12.3. The van der Waals surface area contributed by atoms with Crippen molar-refractivity contribution in [3.05, 3.63) is 73.9 Å². The number of hydrogen-bond donors (Lipinski definition) is 2. The van der Waals surface area contributed by atoms with Gasteiger partial charge in [0, 0.05) is 11.1 Å². The lowest BCUT2D eigenvalue weighted by atomic mass is 10.2. The fraction of sp³-hybridized carbons (Fsp3) is 0.105. The Balaban J connectivity index is 1.83. The molecule has 28 heavy (non-hydrogen) atoms. The molecule has 1 aliphatic heterocycles.